The largest absolute Gasteiger partial charge is 0.369 e. The topological polar surface area (TPSA) is 59.1 Å². The minimum atomic E-state index is -0.721. The van der Waals surface area contributed by atoms with Crippen LogP contribution in [0.15, 0.2) is 72.8 Å². The second-order valence-corrected chi connectivity index (χ2v) is 11.3. The Morgan fingerprint density at radius 2 is 1.44 bits per heavy atom. The molecule has 0 bridgehead atoms. The van der Waals surface area contributed by atoms with Crippen LogP contribution in [-0.4, -0.2) is 72.0 Å². The Kier molecular flexibility index (Phi) is 9.39. The van der Waals surface area contributed by atoms with Crippen molar-refractivity contribution in [2.75, 3.05) is 54.4 Å². The van der Waals surface area contributed by atoms with E-state index in [-0.39, 0.29) is 24.1 Å². The zero-order chi connectivity index (χ0) is 28.9. The molecule has 3 aromatic rings. The predicted octanol–water partition coefficient (Wildman–Crippen LogP) is 5.68. The summed E-state index contributed by atoms with van der Waals surface area (Å²) in [6.07, 6.45) is 0.732. The number of benzene rings is 3. The quantitative estimate of drug-likeness (QED) is 0.314. The van der Waals surface area contributed by atoms with E-state index in [4.69, 9.17) is 35.4 Å². The molecule has 1 atom stereocenters. The SMILES string of the molecule is O=C(C[C@@H]1C(=O)N(c2ccc(Cl)cc2)C(=S)N1CCCN1CCN(c2ccc(F)cc2)CC1)Nc1ccc(Cl)cc1. The number of nitrogens with one attached hydrogen (secondary N) is 1. The fraction of sp³-hybridized carbons (Fsp3) is 0.300. The fourth-order valence-corrected chi connectivity index (χ4v) is 5.85. The van der Waals surface area contributed by atoms with Gasteiger partial charge >= 0.3 is 0 Å². The molecule has 2 aliphatic rings. The van der Waals surface area contributed by atoms with E-state index in [1.807, 2.05) is 17.0 Å². The maximum Gasteiger partial charge on any atom is 0.256 e. The highest BCUT2D eigenvalue weighted by Crippen LogP contribution is 2.29. The van der Waals surface area contributed by atoms with Crippen LogP contribution in [0.25, 0.3) is 0 Å². The van der Waals surface area contributed by atoms with Crippen LogP contribution in [0.2, 0.25) is 10.0 Å². The predicted molar refractivity (Wildman–Crippen MR) is 166 cm³/mol. The lowest BCUT2D eigenvalue weighted by atomic mass is 10.1. The van der Waals surface area contributed by atoms with Crippen LogP contribution in [0.5, 0.6) is 0 Å². The van der Waals surface area contributed by atoms with Gasteiger partial charge in [0.05, 0.1) is 12.1 Å². The first kappa shape index (κ1) is 29.3. The Bertz CT molecular complexity index is 1380. The van der Waals surface area contributed by atoms with Crippen molar-refractivity contribution < 1.29 is 14.0 Å². The van der Waals surface area contributed by atoms with Crippen LogP contribution in [-0.2, 0) is 9.59 Å². The van der Waals surface area contributed by atoms with Crippen LogP contribution < -0.4 is 15.1 Å². The minimum Gasteiger partial charge on any atom is -0.369 e. The standard InChI is InChI=1S/C30H30Cl2FN5O2S/c31-21-2-8-24(9-3-21)34-28(39)20-27-29(40)38(26-10-4-22(32)5-11-26)30(41)37(27)15-1-14-35-16-18-36(19-17-35)25-12-6-23(33)7-13-25/h2-13,27H,1,14-20H2,(H,34,39)/t27-/m1/s1. The normalized spacial score (nSPS) is 17.8. The first-order valence-corrected chi connectivity index (χ1v) is 14.6. The number of piperazine rings is 1. The molecule has 2 saturated heterocycles. The monoisotopic (exact) mass is 613 g/mol. The van der Waals surface area contributed by atoms with Gasteiger partial charge < -0.3 is 15.1 Å². The average Bonchev–Trinajstić information content (AvgIpc) is 3.19. The molecule has 214 valence electrons. The molecule has 11 heteroatoms. The van der Waals surface area contributed by atoms with Crippen LogP contribution in [0.3, 0.4) is 0 Å². The van der Waals surface area contributed by atoms with Gasteiger partial charge in [0, 0.05) is 54.1 Å². The number of anilines is 3. The second kappa shape index (κ2) is 13.2. The lowest BCUT2D eigenvalue weighted by Crippen LogP contribution is -2.47. The summed E-state index contributed by atoms with van der Waals surface area (Å²) in [4.78, 5) is 34.6. The number of amides is 2. The van der Waals surface area contributed by atoms with Crippen LogP contribution in [0.1, 0.15) is 12.8 Å². The molecule has 2 amide bonds. The van der Waals surface area contributed by atoms with Crippen molar-refractivity contribution in [3.8, 4) is 0 Å². The Morgan fingerprint density at radius 3 is 2.07 bits per heavy atom. The summed E-state index contributed by atoms with van der Waals surface area (Å²) in [5, 5.41) is 4.36. The molecule has 0 saturated carbocycles. The van der Waals surface area contributed by atoms with E-state index >= 15 is 0 Å². The Labute approximate surface area is 254 Å². The molecular formula is C30H30Cl2FN5O2S. The number of thiocarbonyl (C=S) groups is 1. The molecular weight excluding hydrogens is 584 g/mol. The average molecular weight is 615 g/mol. The summed E-state index contributed by atoms with van der Waals surface area (Å²) in [6, 6.07) is 19.6. The van der Waals surface area contributed by atoms with Gasteiger partial charge in [-0.2, -0.15) is 0 Å². The van der Waals surface area contributed by atoms with Crippen LogP contribution in [0, 0.1) is 5.82 Å². The van der Waals surface area contributed by atoms with Crippen molar-refractivity contribution in [1.82, 2.24) is 9.80 Å². The van der Waals surface area contributed by atoms with E-state index in [1.54, 1.807) is 48.5 Å². The molecule has 7 nitrogen and oxygen atoms in total. The Morgan fingerprint density at radius 1 is 0.854 bits per heavy atom. The molecule has 41 heavy (non-hydrogen) atoms. The number of carbonyl (C=O) groups is 2. The highest BCUT2D eigenvalue weighted by atomic mass is 35.5. The lowest BCUT2D eigenvalue weighted by molar-refractivity contribution is -0.124. The van der Waals surface area contributed by atoms with Crippen molar-refractivity contribution in [1.29, 1.82) is 0 Å². The molecule has 0 spiro atoms. The first-order chi connectivity index (χ1) is 19.8. The number of carbonyl (C=O) groups excluding carboxylic acids is 2. The molecule has 5 rings (SSSR count). The van der Waals surface area contributed by atoms with Gasteiger partial charge in [-0.25, -0.2) is 4.39 Å². The molecule has 2 fully saturated rings. The summed E-state index contributed by atoms with van der Waals surface area (Å²) >= 11 is 17.8. The first-order valence-electron chi connectivity index (χ1n) is 13.5. The summed E-state index contributed by atoms with van der Waals surface area (Å²) in [6.45, 7) is 4.82. The van der Waals surface area contributed by atoms with Gasteiger partial charge in [-0.1, -0.05) is 23.2 Å². The molecule has 0 aromatic heterocycles. The number of hydrogen-bond acceptors (Lipinski definition) is 5. The van der Waals surface area contributed by atoms with Gasteiger partial charge in [0.2, 0.25) is 5.91 Å². The second-order valence-electron chi connectivity index (χ2n) is 10.1. The van der Waals surface area contributed by atoms with Crippen molar-refractivity contribution in [2.24, 2.45) is 0 Å². The summed E-state index contributed by atoms with van der Waals surface area (Å²) in [5.74, 6) is -0.758. The molecule has 0 aliphatic carbocycles. The number of hydrogen-bond donors (Lipinski definition) is 1. The summed E-state index contributed by atoms with van der Waals surface area (Å²) < 4.78 is 13.3. The third-order valence-electron chi connectivity index (χ3n) is 7.35. The molecule has 3 aromatic carbocycles. The Hall–Kier alpha value is -3.24. The number of halogens is 3. The van der Waals surface area contributed by atoms with Crippen molar-refractivity contribution >= 4 is 69.4 Å². The van der Waals surface area contributed by atoms with E-state index in [0.29, 0.717) is 33.1 Å². The van der Waals surface area contributed by atoms with E-state index in [2.05, 4.69) is 15.1 Å². The molecule has 2 heterocycles. The van der Waals surface area contributed by atoms with Gasteiger partial charge in [-0.05, 0) is 98.0 Å². The van der Waals surface area contributed by atoms with Gasteiger partial charge in [-0.3, -0.25) is 19.4 Å². The van der Waals surface area contributed by atoms with Crippen molar-refractivity contribution in [2.45, 2.75) is 18.9 Å². The van der Waals surface area contributed by atoms with Gasteiger partial charge in [0.15, 0.2) is 5.11 Å². The smallest absolute Gasteiger partial charge is 0.256 e. The molecule has 0 radical (unpaired) electrons. The minimum absolute atomic E-state index is 0.0396. The van der Waals surface area contributed by atoms with E-state index < -0.39 is 6.04 Å². The third-order valence-corrected chi connectivity index (χ3v) is 8.27. The van der Waals surface area contributed by atoms with Crippen LogP contribution >= 0.6 is 35.4 Å². The van der Waals surface area contributed by atoms with Crippen molar-refractivity contribution in [3.05, 3.63) is 88.7 Å². The zero-order valence-electron chi connectivity index (χ0n) is 22.3. The van der Waals surface area contributed by atoms with Gasteiger partial charge in [0.25, 0.3) is 5.91 Å². The molecule has 2 aliphatic heterocycles. The Balaban J connectivity index is 1.22. The van der Waals surface area contributed by atoms with E-state index in [1.165, 1.54) is 17.0 Å². The summed E-state index contributed by atoms with van der Waals surface area (Å²) in [5.41, 5.74) is 2.24. The zero-order valence-corrected chi connectivity index (χ0v) is 24.6. The fourth-order valence-electron chi connectivity index (χ4n) is 5.18. The number of rotatable bonds is 9. The number of nitrogens with zero attached hydrogens (tertiary/aromatic N) is 4. The van der Waals surface area contributed by atoms with Crippen LogP contribution in [0.4, 0.5) is 21.5 Å². The molecule has 0 unspecified atom stereocenters. The van der Waals surface area contributed by atoms with E-state index in [9.17, 15) is 14.0 Å². The third kappa shape index (κ3) is 7.16. The van der Waals surface area contributed by atoms with Gasteiger partial charge in [0.1, 0.15) is 11.9 Å². The highest BCUT2D eigenvalue weighted by Gasteiger charge is 2.43. The molecule has 1 N–H and O–H groups in total. The lowest BCUT2D eigenvalue weighted by Gasteiger charge is -2.36. The maximum absolute atomic E-state index is 13.6. The summed E-state index contributed by atoms with van der Waals surface area (Å²) in [7, 11) is 0. The maximum atomic E-state index is 13.6. The van der Waals surface area contributed by atoms with E-state index in [0.717, 1.165) is 44.8 Å². The highest BCUT2D eigenvalue weighted by molar-refractivity contribution is 7.80. The van der Waals surface area contributed by atoms with Gasteiger partial charge in [-0.15, -0.1) is 0 Å². The van der Waals surface area contributed by atoms with Crippen molar-refractivity contribution in [3.63, 3.8) is 0 Å².